The van der Waals surface area contributed by atoms with Crippen molar-refractivity contribution in [2.45, 2.75) is 26.3 Å². The molecule has 0 fully saturated rings. The summed E-state index contributed by atoms with van der Waals surface area (Å²) in [4.78, 5) is 11.1. The number of fused-ring (bicyclic) bond motifs is 1. The summed E-state index contributed by atoms with van der Waals surface area (Å²) < 4.78 is 3.06. The van der Waals surface area contributed by atoms with Gasteiger partial charge in [-0.25, -0.2) is 0 Å². The Morgan fingerprint density at radius 2 is 2.24 bits per heavy atom. The second kappa shape index (κ2) is 4.53. The molecule has 0 aliphatic rings. The quantitative estimate of drug-likeness (QED) is 0.940. The van der Waals surface area contributed by atoms with Crippen LogP contribution >= 0.6 is 15.9 Å². The molecule has 0 bridgehead atoms. The standard InChI is InChI=1S/C13H14BrNO2/c1-3-15-11-6-4-5-10(14)9(11)7-12(15)8(2)13(16)17/h4-8H,3H2,1-2H3,(H,16,17). The Bertz CT molecular complexity index is 574. The molecule has 1 aromatic heterocycles. The zero-order valence-corrected chi connectivity index (χ0v) is 11.4. The molecule has 1 aromatic carbocycles. The molecule has 1 heterocycles. The van der Waals surface area contributed by atoms with Gasteiger partial charge in [0, 0.05) is 27.6 Å². The average molecular weight is 296 g/mol. The second-order valence-corrected chi connectivity index (χ2v) is 4.90. The maximum absolute atomic E-state index is 11.1. The van der Waals surface area contributed by atoms with E-state index in [-0.39, 0.29) is 0 Å². The van der Waals surface area contributed by atoms with Crippen molar-refractivity contribution in [2.24, 2.45) is 0 Å². The summed E-state index contributed by atoms with van der Waals surface area (Å²) in [6, 6.07) is 7.91. The van der Waals surface area contributed by atoms with Gasteiger partial charge in [-0.2, -0.15) is 0 Å². The molecule has 0 saturated carbocycles. The van der Waals surface area contributed by atoms with Crippen molar-refractivity contribution >= 4 is 32.8 Å². The fourth-order valence-electron chi connectivity index (χ4n) is 2.11. The summed E-state index contributed by atoms with van der Waals surface area (Å²) in [5, 5.41) is 10.2. The number of aromatic nitrogens is 1. The first-order chi connectivity index (χ1) is 8.06. The topological polar surface area (TPSA) is 42.2 Å². The van der Waals surface area contributed by atoms with E-state index in [1.807, 2.05) is 31.2 Å². The normalized spacial score (nSPS) is 12.9. The molecule has 2 aromatic rings. The van der Waals surface area contributed by atoms with Crippen LogP contribution in [-0.4, -0.2) is 15.6 Å². The maximum Gasteiger partial charge on any atom is 0.312 e. The monoisotopic (exact) mass is 295 g/mol. The lowest BCUT2D eigenvalue weighted by atomic mass is 10.1. The molecule has 1 atom stereocenters. The molecule has 0 spiro atoms. The average Bonchev–Trinajstić information content (AvgIpc) is 2.67. The van der Waals surface area contributed by atoms with Gasteiger partial charge >= 0.3 is 5.97 Å². The fraction of sp³-hybridized carbons (Fsp3) is 0.308. The predicted octanol–water partition coefficient (Wildman–Crippen LogP) is 3.61. The second-order valence-electron chi connectivity index (χ2n) is 4.05. The molecule has 1 unspecified atom stereocenters. The number of carboxylic acid groups (broad SMARTS) is 1. The number of rotatable bonds is 3. The molecule has 17 heavy (non-hydrogen) atoms. The van der Waals surface area contributed by atoms with Crippen LogP contribution in [0.15, 0.2) is 28.7 Å². The van der Waals surface area contributed by atoms with Gasteiger partial charge in [0.1, 0.15) is 0 Å². The molecule has 2 rings (SSSR count). The van der Waals surface area contributed by atoms with Crippen LogP contribution in [0.4, 0.5) is 0 Å². The number of carbonyl (C=O) groups is 1. The van der Waals surface area contributed by atoms with Crippen molar-refractivity contribution in [2.75, 3.05) is 0 Å². The van der Waals surface area contributed by atoms with E-state index in [0.717, 1.165) is 27.6 Å². The Labute approximate surface area is 108 Å². The highest BCUT2D eigenvalue weighted by Gasteiger charge is 2.20. The van der Waals surface area contributed by atoms with Crippen molar-refractivity contribution in [3.05, 3.63) is 34.4 Å². The number of aryl methyl sites for hydroxylation is 1. The van der Waals surface area contributed by atoms with Gasteiger partial charge in [-0.3, -0.25) is 4.79 Å². The van der Waals surface area contributed by atoms with Gasteiger partial charge in [0.15, 0.2) is 0 Å². The minimum Gasteiger partial charge on any atom is -0.481 e. The van der Waals surface area contributed by atoms with Gasteiger partial charge < -0.3 is 9.67 Å². The van der Waals surface area contributed by atoms with Crippen molar-refractivity contribution in [3.8, 4) is 0 Å². The van der Waals surface area contributed by atoms with Crippen LogP contribution in [-0.2, 0) is 11.3 Å². The van der Waals surface area contributed by atoms with Crippen LogP contribution < -0.4 is 0 Å². The summed E-state index contributed by atoms with van der Waals surface area (Å²) >= 11 is 3.50. The highest BCUT2D eigenvalue weighted by molar-refractivity contribution is 9.10. The summed E-state index contributed by atoms with van der Waals surface area (Å²) in [6.07, 6.45) is 0. The Kier molecular flexibility index (Phi) is 3.24. The first-order valence-electron chi connectivity index (χ1n) is 5.56. The van der Waals surface area contributed by atoms with Crippen LogP contribution in [0.5, 0.6) is 0 Å². The van der Waals surface area contributed by atoms with Crippen molar-refractivity contribution < 1.29 is 9.90 Å². The Balaban J connectivity index is 2.72. The number of aliphatic carboxylic acids is 1. The van der Waals surface area contributed by atoms with Gasteiger partial charge in [0.25, 0.3) is 0 Å². The first-order valence-corrected chi connectivity index (χ1v) is 6.36. The lowest BCUT2D eigenvalue weighted by Gasteiger charge is -2.11. The summed E-state index contributed by atoms with van der Waals surface area (Å²) in [5.41, 5.74) is 1.92. The fourth-order valence-corrected chi connectivity index (χ4v) is 2.58. The molecule has 1 N–H and O–H groups in total. The minimum atomic E-state index is -0.793. The van der Waals surface area contributed by atoms with Gasteiger partial charge in [-0.1, -0.05) is 22.0 Å². The third kappa shape index (κ3) is 1.97. The highest BCUT2D eigenvalue weighted by Crippen LogP contribution is 2.30. The van der Waals surface area contributed by atoms with Crippen molar-refractivity contribution in [1.29, 1.82) is 0 Å². The lowest BCUT2D eigenvalue weighted by molar-refractivity contribution is -0.138. The number of nitrogens with zero attached hydrogens (tertiary/aromatic N) is 1. The minimum absolute atomic E-state index is 0.491. The third-order valence-corrected chi connectivity index (χ3v) is 3.75. The van der Waals surface area contributed by atoms with E-state index >= 15 is 0 Å². The van der Waals surface area contributed by atoms with Gasteiger partial charge in [-0.15, -0.1) is 0 Å². The van der Waals surface area contributed by atoms with Gasteiger partial charge in [-0.05, 0) is 32.0 Å². The number of carboxylic acids is 1. The number of benzene rings is 1. The van der Waals surface area contributed by atoms with E-state index in [0.29, 0.717) is 0 Å². The smallest absolute Gasteiger partial charge is 0.312 e. The van der Waals surface area contributed by atoms with Crippen LogP contribution in [0.3, 0.4) is 0 Å². The van der Waals surface area contributed by atoms with E-state index in [9.17, 15) is 4.79 Å². The van der Waals surface area contributed by atoms with Crippen LogP contribution in [0.2, 0.25) is 0 Å². The Hall–Kier alpha value is -1.29. The zero-order chi connectivity index (χ0) is 12.6. The Morgan fingerprint density at radius 3 is 2.82 bits per heavy atom. The summed E-state index contributed by atoms with van der Waals surface area (Å²) in [7, 11) is 0. The van der Waals surface area contributed by atoms with Crippen molar-refractivity contribution in [3.63, 3.8) is 0 Å². The van der Waals surface area contributed by atoms with E-state index < -0.39 is 11.9 Å². The van der Waals surface area contributed by atoms with E-state index in [1.165, 1.54) is 0 Å². The lowest BCUT2D eigenvalue weighted by Crippen LogP contribution is -2.12. The van der Waals surface area contributed by atoms with Gasteiger partial charge in [0.05, 0.1) is 5.92 Å². The number of halogens is 1. The van der Waals surface area contributed by atoms with E-state index in [2.05, 4.69) is 20.5 Å². The highest BCUT2D eigenvalue weighted by atomic mass is 79.9. The number of hydrogen-bond donors (Lipinski definition) is 1. The first kappa shape index (κ1) is 12.2. The van der Waals surface area contributed by atoms with Crippen LogP contribution in [0.25, 0.3) is 10.9 Å². The maximum atomic E-state index is 11.1. The molecule has 0 saturated heterocycles. The SMILES string of the molecule is CCn1c(C(C)C(=O)O)cc2c(Br)cccc21. The van der Waals surface area contributed by atoms with Gasteiger partial charge in [0.2, 0.25) is 0 Å². The van der Waals surface area contributed by atoms with Crippen molar-refractivity contribution in [1.82, 2.24) is 4.57 Å². The number of hydrogen-bond acceptors (Lipinski definition) is 1. The van der Waals surface area contributed by atoms with E-state index in [4.69, 9.17) is 5.11 Å². The van der Waals surface area contributed by atoms with Crippen LogP contribution in [0, 0.1) is 0 Å². The molecule has 3 nitrogen and oxygen atoms in total. The summed E-state index contributed by atoms with van der Waals surface area (Å²) in [5.74, 6) is -1.28. The molecule has 4 heteroatoms. The third-order valence-electron chi connectivity index (χ3n) is 3.05. The molecule has 90 valence electrons. The molecule has 0 radical (unpaired) electrons. The predicted molar refractivity (Wildman–Crippen MR) is 71.4 cm³/mol. The van der Waals surface area contributed by atoms with Crippen LogP contribution in [0.1, 0.15) is 25.5 Å². The Morgan fingerprint density at radius 1 is 1.53 bits per heavy atom. The molecular weight excluding hydrogens is 282 g/mol. The van der Waals surface area contributed by atoms with E-state index in [1.54, 1.807) is 6.92 Å². The molecule has 0 amide bonds. The molecule has 0 aliphatic heterocycles. The summed E-state index contributed by atoms with van der Waals surface area (Å²) in [6.45, 7) is 4.52. The molecule has 0 aliphatic carbocycles. The molecular formula is C13H14BrNO2. The zero-order valence-electron chi connectivity index (χ0n) is 9.77. The largest absolute Gasteiger partial charge is 0.481 e.